The zero-order chi connectivity index (χ0) is 55.2. The first-order valence-corrected chi connectivity index (χ1v) is 26.9. The highest BCUT2D eigenvalue weighted by atomic mass is 35.6. The van der Waals surface area contributed by atoms with Crippen molar-refractivity contribution in [2.24, 2.45) is 0 Å². The molecule has 2 aliphatic rings. The highest BCUT2D eigenvalue weighted by Gasteiger charge is 2.54. The molecule has 0 spiro atoms. The van der Waals surface area contributed by atoms with Crippen LogP contribution >= 0.6 is 34.8 Å². The van der Waals surface area contributed by atoms with Gasteiger partial charge >= 0.3 is 12.1 Å². The van der Waals surface area contributed by atoms with Gasteiger partial charge in [0.05, 0.1) is 52.9 Å². The third-order valence-electron chi connectivity index (χ3n) is 12.8. The summed E-state index contributed by atoms with van der Waals surface area (Å²) >= 11 is 17.7. The molecule has 2 heterocycles. The smallest absolute Gasteiger partial charge is 0.408 e. The maximum Gasteiger partial charge on any atom is 0.408 e. The first-order chi connectivity index (χ1) is 38.5. The van der Waals surface area contributed by atoms with Gasteiger partial charge in [0.2, 0.25) is 3.79 Å². The van der Waals surface area contributed by atoms with Gasteiger partial charge in [-0.05, 0) is 33.4 Å². The van der Waals surface area contributed by atoms with Gasteiger partial charge in [-0.25, -0.2) is 9.59 Å². The fourth-order valence-electron chi connectivity index (χ4n) is 8.72. The number of benzene rings is 6. The lowest BCUT2D eigenvalue weighted by Crippen LogP contribution is -2.66. The standard InChI is InChI=1S/C60H64Cl3NO15/c61-60(62,63)40-76-59(68)64-47(56(67)74-36-46-29-17-6-18-30-46)37-75-57-55(73-35-45-27-15-5-16-28-45)54(72-34-44-25-13-4-14-26-44)52(49(78-57)39-70-32-42-21-9-2-10-22-42)79-58-53(71-33-43-23-11-3-12-24-43)51(66)50(65)48(77-58)38-69-31-41-19-7-1-8-20-41/h1-30,47-55,57-58,65-66H,31-40H2,(H,64,68)/t47-,48+,49+,50-,51-,52+,53+,54-,55+,57+,58-/m0/s1. The van der Waals surface area contributed by atoms with Crippen LogP contribution in [0.5, 0.6) is 0 Å². The number of halogens is 3. The first-order valence-electron chi connectivity index (χ1n) is 25.8. The number of amides is 1. The molecule has 8 rings (SSSR count). The molecule has 6 aromatic rings. The number of hydrogen-bond acceptors (Lipinski definition) is 15. The predicted octanol–water partition coefficient (Wildman–Crippen LogP) is 8.96. The van der Waals surface area contributed by atoms with Crippen LogP contribution < -0.4 is 5.32 Å². The maximum absolute atomic E-state index is 14.0. The van der Waals surface area contributed by atoms with E-state index in [9.17, 15) is 19.8 Å². The van der Waals surface area contributed by atoms with Crippen LogP contribution in [0.1, 0.15) is 33.4 Å². The number of aliphatic hydroxyl groups is 2. The summed E-state index contributed by atoms with van der Waals surface area (Å²) in [6, 6.07) is 54.7. The van der Waals surface area contributed by atoms with Crippen LogP contribution in [0.3, 0.4) is 0 Å². The minimum atomic E-state index is -1.95. The van der Waals surface area contributed by atoms with E-state index in [-0.39, 0.29) is 52.9 Å². The van der Waals surface area contributed by atoms with Gasteiger partial charge in [-0.2, -0.15) is 0 Å². The Morgan fingerprint density at radius 1 is 0.468 bits per heavy atom. The van der Waals surface area contributed by atoms with Crippen molar-refractivity contribution in [2.75, 3.05) is 26.4 Å². The molecule has 2 aliphatic heterocycles. The summed E-state index contributed by atoms with van der Waals surface area (Å²) in [7, 11) is 0. The van der Waals surface area contributed by atoms with Gasteiger partial charge in [-0.1, -0.05) is 217 Å². The lowest BCUT2D eigenvalue weighted by atomic mass is 9.96. The number of alkyl carbamates (subject to hydrolysis) is 1. The van der Waals surface area contributed by atoms with E-state index >= 15 is 0 Å². The van der Waals surface area contributed by atoms with E-state index in [4.69, 9.17) is 86.9 Å². The largest absolute Gasteiger partial charge is 0.459 e. The molecular formula is C60H64Cl3NO15. The number of carbonyl (C=O) groups excluding carboxylic acids is 2. The summed E-state index contributed by atoms with van der Waals surface area (Å²) in [5.41, 5.74) is 4.83. The van der Waals surface area contributed by atoms with Crippen molar-refractivity contribution in [1.29, 1.82) is 0 Å². The summed E-state index contributed by atoms with van der Waals surface area (Å²) < 4.78 is 68.9. The van der Waals surface area contributed by atoms with Gasteiger partial charge in [0.15, 0.2) is 18.6 Å². The molecule has 2 fully saturated rings. The quantitative estimate of drug-likeness (QED) is 0.0327. The molecule has 0 radical (unpaired) electrons. The molecule has 0 bridgehead atoms. The van der Waals surface area contributed by atoms with E-state index in [1.807, 2.05) is 158 Å². The van der Waals surface area contributed by atoms with Crippen LogP contribution in [0.4, 0.5) is 4.79 Å². The first kappa shape index (κ1) is 59.6. The summed E-state index contributed by atoms with van der Waals surface area (Å²) in [6.45, 7) is -1.17. The number of esters is 1. The lowest BCUT2D eigenvalue weighted by molar-refractivity contribution is -0.373. The average Bonchev–Trinajstić information content (AvgIpc) is 3.60. The Labute approximate surface area is 474 Å². The van der Waals surface area contributed by atoms with Crippen LogP contribution in [-0.4, -0.2) is 120 Å². The minimum Gasteiger partial charge on any atom is -0.459 e. The Morgan fingerprint density at radius 2 is 0.873 bits per heavy atom. The van der Waals surface area contributed by atoms with Crippen molar-refractivity contribution in [3.63, 3.8) is 0 Å². The second-order valence-corrected chi connectivity index (χ2v) is 21.3. The zero-order valence-corrected chi connectivity index (χ0v) is 45.3. The Kier molecular flexibility index (Phi) is 23.3. The number of rotatable bonds is 27. The molecule has 19 heteroatoms. The topological polar surface area (TPSA) is 188 Å². The zero-order valence-electron chi connectivity index (χ0n) is 43.1. The highest BCUT2D eigenvalue weighted by Crippen LogP contribution is 2.35. The molecule has 0 unspecified atom stereocenters. The van der Waals surface area contributed by atoms with Crippen molar-refractivity contribution in [3.05, 3.63) is 215 Å². The summed E-state index contributed by atoms with van der Waals surface area (Å²) in [5.74, 6) is -0.882. The van der Waals surface area contributed by atoms with Crippen LogP contribution in [0, 0.1) is 0 Å². The van der Waals surface area contributed by atoms with E-state index < -0.39 is 96.5 Å². The normalized spacial score (nSPS) is 23.6. The molecule has 420 valence electrons. The predicted molar refractivity (Wildman–Crippen MR) is 292 cm³/mol. The highest BCUT2D eigenvalue weighted by molar-refractivity contribution is 6.67. The molecule has 1 amide bonds. The second-order valence-electron chi connectivity index (χ2n) is 18.8. The number of aliphatic hydroxyl groups excluding tert-OH is 2. The van der Waals surface area contributed by atoms with Gasteiger partial charge in [0.25, 0.3) is 0 Å². The lowest BCUT2D eigenvalue weighted by Gasteiger charge is -2.49. The van der Waals surface area contributed by atoms with Crippen LogP contribution in [-0.2, 0) is 96.5 Å². The molecule has 3 N–H and O–H groups in total. The Morgan fingerprint density at radius 3 is 1.34 bits per heavy atom. The van der Waals surface area contributed by atoms with Gasteiger partial charge in [0, 0.05) is 0 Å². The molecule has 79 heavy (non-hydrogen) atoms. The average molecular weight is 1150 g/mol. The fourth-order valence-corrected chi connectivity index (χ4v) is 8.88. The number of ether oxygens (including phenoxy) is 11. The summed E-state index contributed by atoms with van der Waals surface area (Å²) in [4.78, 5) is 27.2. The van der Waals surface area contributed by atoms with Crippen LogP contribution in [0.2, 0.25) is 0 Å². The molecule has 16 nitrogen and oxygen atoms in total. The molecule has 6 aromatic carbocycles. The third kappa shape index (κ3) is 19.1. The van der Waals surface area contributed by atoms with E-state index in [2.05, 4.69) is 5.32 Å². The van der Waals surface area contributed by atoms with Crippen LogP contribution in [0.25, 0.3) is 0 Å². The fraction of sp³-hybridized carbons (Fsp3) is 0.367. The molecule has 2 saturated heterocycles. The summed E-state index contributed by atoms with van der Waals surface area (Å²) in [5, 5.41) is 26.2. The maximum atomic E-state index is 14.0. The monoisotopic (exact) mass is 1140 g/mol. The number of hydrogen-bond donors (Lipinski definition) is 3. The van der Waals surface area contributed by atoms with Gasteiger partial charge in [-0.3, -0.25) is 0 Å². The molecule has 11 atom stereocenters. The minimum absolute atomic E-state index is 0.0143. The van der Waals surface area contributed by atoms with E-state index in [0.29, 0.717) is 5.56 Å². The number of carbonyl (C=O) groups is 2. The van der Waals surface area contributed by atoms with Crippen molar-refractivity contribution < 1.29 is 71.9 Å². The van der Waals surface area contributed by atoms with Crippen molar-refractivity contribution in [3.8, 4) is 0 Å². The SMILES string of the molecule is O=C(N[C@@H](CO[C@@H]1O[C@H](COCc2ccccc2)[C@@H](O[C@@H]2O[C@H](COCc3ccccc3)[C@H](O)[C@H](O)[C@H]2OCc2ccccc2)[C@H](OCc2ccccc2)[C@H]1OCc1ccccc1)C(=O)OCc1ccccc1)OCC(Cl)(Cl)Cl. The Hall–Kier alpha value is -5.51. The Balaban J connectivity index is 1.15. The van der Waals surface area contributed by atoms with E-state index in [1.165, 1.54) is 0 Å². The van der Waals surface area contributed by atoms with Gasteiger partial charge in [0.1, 0.15) is 62.0 Å². The second kappa shape index (κ2) is 30.9. The van der Waals surface area contributed by atoms with E-state index in [0.717, 1.165) is 27.8 Å². The van der Waals surface area contributed by atoms with Crippen molar-refractivity contribution >= 4 is 46.9 Å². The summed E-state index contributed by atoms with van der Waals surface area (Å²) in [6.07, 6.45) is -13.9. The third-order valence-corrected chi connectivity index (χ3v) is 13.1. The van der Waals surface area contributed by atoms with Gasteiger partial charge < -0.3 is 67.6 Å². The van der Waals surface area contributed by atoms with Crippen LogP contribution in [0.15, 0.2) is 182 Å². The van der Waals surface area contributed by atoms with E-state index in [1.54, 1.807) is 24.3 Å². The number of nitrogens with one attached hydrogen (secondary N) is 1. The van der Waals surface area contributed by atoms with Gasteiger partial charge in [-0.15, -0.1) is 0 Å². The molecule has 0 saturated carbocycles. The van der Waals surface area contributed by atoms with Crippen molar-refractivity contribution in [1.82, 2.24) is 5.32 Å². The number of alkyl halides is 3. The molecular weight excluding hydrogens is 1080 g/mol. The van der Waals surface area contributed by atoms with Crippen molar-refractivity contribution in [2.45, 2.75) is 111 Å². The molecule has 0 aliphatic carbocycles. The molecule has 0 aromatic heterocycles. The Bertz CT molecular complexity index is 2680.